The first-order valence-electron chi connectivity index (χ1n) is 3.09. The molecule has 10 nitrogen and oxygen atoms in total. The Bertz CT molecular complexity index is 250. The topological polar surface area (TPSA) is 195 Å². The van der Waals surface area contributed by atoms with Crippen molar-refractivity contribution in [2.24, 2.45) is 0 Å². The second-order valence-corrected chi connectivity index (χ2v) is 3.84. The van der Waals surface area contributed by atoms with E-state index in [1.54, 1.807) is 0 Å². The van der Waals surface area contributed by atoms with Crippen molar-refractivity contribution >= 4 is 34.1 Å². The van der Waals surface area contributed by atoms with Gasteiger partial charge in [0.2, 0.25) is 10.9 Å². The summed E-state index contributed by atoms with van der Waals surface area (Å²) < 4.78 is 38.0. The monoisotopic (exact) mass is 356 g/mol. The largest absolute Gasteiger partial charge is 1.00 e. The fourth-order valence-electron chi connectivity index (χ4n) is 0.165. The smallest absolute Gasteiger partial charge is 0.770 e. The van der Waals surface area contributed by atoms with Crippen LogP contribution < -0.4 is 103 Å². The zero-order valence-electron chi connectivity index (χ0n) is 9.21. The summed E-state index contributed by atoms with van der Waals surface area (Å²) in [4.78, 5) is 19.0. The number of hydrogen-bond donors (Lipinski definition) is 4. The first-order valence-corrected chi connectivity index (χ1v) is 5.36. The molecule has 0 aliphatic rings. The van der Waals surface area contributed by atoms with E-state index in [0.717, 1.165) is 0 Å². The second kappa shape index (κ2) is 15.7. The molecule has 0 aromatic heterocycles. The Morgan fingerprint density at radius 1 is 0.833 bits per heavy atom. The molecule has 0 saturated carbocycles. The maximum atomic E-state index is 9.51. The summed E-state index contributed by atoms with van der Waals surface area (Å²) in [7, 11) is 0. The van der Waals surface area contributed by atoms with Crippen LogP contribution in [0.3, 0.4) is 0 Å². The van der Waals surface area contributed by atoms with Gasteiger partial charge in [0.1, 0.15) is 0 Å². The van der Waals surface area contributed by atoms with Crippen LogP contribution in [0.4, 0.5) is 0 Å². The van der Waals surface area contributed by atoms with Gasteiger partial charge in [0.15, 0.2) is 0 Å². The summed E-state index contributed by atoms with van der Waals surface area (Å²) >= 11 is -5.87. The molecule has 18 heavy (non-hydrogen) atoms. The van der Waals surface area contributed by atoms with E-state index in [-0.39, 0.29) is 103 Å². The molecule has 4 unspecified atom stereocenters. The minimum Gasteiger partial charge on any atom is -0.770 e. The molecule has 4 N–H and O–H groups in total. The van der Waals surface area contributed by atoms with Crippen LogP contribution in [0.5, 0.6) is 0 Å². The van der Waals surface area contributed by atoms with E-state index in [2.05, 4.69) is 0 Å². The first-order chi connectivity index (χ1) is 7.11. The van der Waals surface area contributed by atoms with Crippen molar-refractivity contribution in [2.45, 2.75) is 10.9 Å². The molecule has 0 aliphatic heterocycles. The predicted molar refractivity (Wildman–Crippen MR) is 45.1 cm³/mol. The van der Waals surface area contributed by atoms with Gasteiger partial charge < -0.3 is 29.5 Å². The predicted octanol–water partition coefficient (Wildman–Crippen LogP) is -9.46. The van der Waals surface area contributed by atoms with Crippen molar-refractivity contribution in [1.82, 2.24) is 0 Å². The minimum absolute atomic E-state index is 0. The molecule has 0 heterocycles. The number of carboxylic acids is 2. The Hall–Kier alpha value is 2.35. The van der Waals surface area contributed by atoms with E-state index < -0.39 is 45.0 Å². The summed E-state index contributed by atoms with van der Waals surface area (Å²) in [6.45, 7) is 0. The number of carbonyl (C=O) groups is 2. The molecule has 0 aromatic rings. The van der Waals surface area contributed by atoms with Crippen molar-refractivity contribution < 1.29 is 150 Å². The molecule has 0 spiro atoms. The van der Waals surface area contributed by atoms with Gasteiger partial charge in [-0.15, -0.1) is 0 Å². The number of hydrogen-bond acceptors (Lipinski definition) is 8. The molecule has 0 aromatic carbocycles. The van der Waals surface area contributed by atoms with Gasteiger partial charge in [0.05, 0.1) is 0 Å². The maximum Gasteiger partial charge on any atom is 1.00 e. The molecule has 4 atom stereocenters. The van der Waals surface area contributed by atoms with Crippen LogP contribution in [0.15, 0.2) is 0 Å². The van der Waals surface area contributed by atoms with Crippen molar-refractivity contribution in [3.05, 3.63) is 0 Å². The van der Waals surface area contributed by atoms with Gasteiger partial charge in [-0.2, -0.15) is 0 Å². The third kappa shape index (κ3) is 16.4. The number of carboxylic acid groups (broad SMARTS) is 2. The molecule has 14 heteroatoms. The number of aliphatic hydroxyl groups is 2. The van der Waals surface area contributed by atoms with Gasteiger partial charge in [-0.3, -0.25) is 8.42 Å². The van der Waals surface area contributed by atoms with Crippen molar-refractivity contribution in [2.75, 3.05) is 0 Å². The van der Waals surface area contributed by atoms with Crippen LogP contribution in [0.1, 0.15) is 0 Å². The summed E-state index contributed by atoms with van der Waals surface area (Å²) in [5.74, 6) is -3.53. The van der Waals surface area contributed by atoms with E-state index in [1.807, 2.05) is 0 Å². The SMILES string of the molecule is O=C(O)C(O)S(=O)[O-].O=C(O)C(O)S(=O)[O-].[K+].[K+]. The number of rotatable bonds is 4. The molecule has 0 aliphatic carbocycles. The van der Waals surface area contributed by atoms with Crippen LogP contribution in [0.2, 0.25) is 0 Å². The molecule has 0 fully saturated rings. The van der Waals surface area contributed by atoms with E-state index in [1.165, 1.54) is 0 Å². The zero-order valence-corrected chi connectivity index (χ0v) is 17.1. The van der Waals surface area contributed by atoms with Crippen molar-refractivity contribution in [3.63, 3.8) is 0 Å². The third-order valence-electron chi connectivity index (χ3n) is 0.787. The fourth-order valence-corrected chi connectivity index (χ4v) is 0.494. The Morgan fingerprint density at radius 3 is 1.00 bits per heavy atom. The average molecular weight is 356 g/mol. The molecule has 0 rings (SSSR count). The fraction of sp³-hybridized carbons (Fsp3) is 0.500. The average Bonchev–Trinajstić information content (AvgIpc) is 2.15. The molecular weight excluding hydrogens is 350 g/mol. The summed E-state index contributed by atoms with van der Waals surface area (Å²) in [5.41, 5.74) is -4.59. The van der Waals surface area contributed by atoms with Crippen LogP contribution in [-0.2, 0) is 31.7 Å². The van der Waals surface area contributed by atoms with Crippen LogP contribution in [0, 0.1) is 0 Å². The van der Waals surface area contributed by atoms with E-state index in [4.69, 9.17) is 20.4 Å². The van der Waals surface area contributed by atoms with E-state index in [0.29, 0.717) is 0 Å². The molecule has 0 radical (unpaired) electrons. The van der Waals surface area contributed by atoms with Gasteiger partial charge >= 0.3 is 115 Å². The number of aliphatic hydroxyl groups excluding tert-OH is 2. The molecule has 0 bridgehead atoms. The molecular formula is C4H6K2O10S2. The Balaban J connectivity index is -0.0000000980. The zero-order chi connectivity index (χ0) is 13.5. The van der Waals surface area contributed by atoms with Crippen LogP contribution in [0.25, 0.3) is 0 Å². The van der Waals surface area contributed by atoms with Crippen molar-refractivity contribution in [3.8, 4) is 0 Å². The van der Waals surface area contributed by atoms with Gasteiger partial charge in [-0.05, 0) is 22.2 Å². The Kier molecular flexibility index (Phi) is 24.9. The Labute approximate surface area is 191 Å². The third-order valence-corrected chi connectivity index (χ3v) is 1.92. The van der Waals surface area contributed by atoms with Gasteiger partial charge in [-0.1, -0.05) is 0 Å². The molecule has 0 amide bonds. The first kappa shape index (κ1) is 28.5. The molecule has 0 saturated heterocycles. The van der Waals surface area contributed by atoms with Gasteiger partial charge in [-0.25, -0.2) is 9.59 Å². The van der Waals surface area contributed by atoms with Gasteiger partial charge in [0.25, 0.3) is 0 Å². The Morgan fingerprint density at radius 2 is 1.00 bits per heavy atom. The van der Waals surface area contributed by atoms with E-state index in [9.17, 15) is 27.1 Å². The number of aliphatic carboxylic acids is 2. The summed E-state index contributed by atoms with van der Waals surface area (Å²) in [6, 6.07) is 0. The normalized spacial score (nSPS) is 15.3. The van der Waals surface area contributed by atoms with Crippen molar-refractivity contribution in [1.29, 1.82) is 0 Å². The van der Waals surface area contributed by atoms with Crippen LogP contribution in [-0.4, -0.2) is 60.8 Å². The summed E-state index contributed by atoms with van der Waals surface area (Å²) in [6.07, 6.45) is 0. The second-order valence-electron chi connectivity index (χ2n) is 1.90. The molecule has 96 valence electrons. The van der Waals surface area contributed by atoms with Gasteiger partial charge in [0, 0.05) is 0 Å². The quantitative estimate of drug-likeness (QED) is 0.277. The summed E-state index contributed by atoms with van der Waals surface area (Å²) in [5, 5.41) is 31.4. The minimum atomic E-state index is -2.93. The maximum absolute atomic E-state index is 9.51. The van der Waals surface area contributed by atoms with E-state index >= 15 is 0 Å². The van der Waals surface area contributed by atoms with Crippen LogP contribution >= 0.6 is 0 Å². The standard InChI is InChI=1S/2C2H4O5S.2K/c2*3-1(4)2(5)8(6)7;;/h2*2,5H,(H,3,4)(H,6,7);;/q;;2*+1/p-2.